The standard InChI is InChI=1S/C15H14Br2O3/c1-19-10-4-6-14(20-2)12(8-10)15(18)11-5-3-9(16)7-13(11)17/h3-8,15,18H,1-2H3. The molecule has 3 nitrogen and oxygen atoms in total. The number of hydrogen-bond acceptors (Lipinski definition) is 3. The van der Waals surface area contributed by atoms with Gasteiger partial charge in [-0.15, -0.1) is 0 Å². The van der Waals surface area contributed by atoms with Crippen molar-refractivity contribution in [1.29, 1.82) is 0 Å². The summed E-state index contributed by atoms with van der Waals surface area (Å²) in [5.41, 5.74) is 1.43. The van der Waals surface area contributed by atoms with Crippen LogP contribution in [0.2, 0.25) is 0 Å². The first-order valence-electron chi connectivity index (χ1n) is 5.91. The molecular formula is C15H14Br2O3. The molecule has 0 spiro atoms. The van der Waals surface area contributed by atoms with Gasteiger partial charge in [0, 0.05) is 14.5 Å². The summed E-state index contributed by atoms with van der Waals surface area (Å²) in [6.07, 6.45) is -0.803. The molecular weight excluding hydrogens is 388 g/mol. The van der Waals surface area contributed by atoms with Crippen LogP contribution in [-0.4, -0.2) is 19.3 Å². The fourth-order valence-corrected chi connectivity index (χ4v) is 3.21. The molecule has 0 fully saturated rings. The number of halogens is 2. The number of benzene rings is 2. The number of aliphatic hydroxyl groups is 1. The zero-order valence-electron chi connectivity index (χ0n) is 11.1. The van der Waals surface area contributed by atoms with Gasteiger partial charge < -0.3 is 14.6 Å². The third-order valence-electron chi connectivity index (χ3n) is 2.99. The Balaban J connectivity index is 2.48. The average Bonchev–Trinajstić information content (AvgIpc) is 2.46. The molecule has 0 bridgehead atoms. The van der Waals surface area contributed by atoms with E-state index >= 15 is 0 Å². The van der Waals surface area contributed by atoms with E-state index in [1.165, 1.54) is 0 Å². The summed E-state index contributed by atoms with van der Waals surface area (Å²) in [5.74, 6) is 1.29. The van der Waals surface area contributed by atoms with E-state index in [-0.39, 0.29) is 0 Å². The highest BCUT2D eigenvalue weighted by Gasteiger charge is 2.19. The summed E-state index contributed by atoms with van der Waals surface area (Å²) >= 11 is 6.86. The van der Waals surface area contributed by atoms with E-state index in [1.807, 2.05) is 18.2 Å². The number of aliphatic hydroxyl groups excluding tert-OH is 1. The van der Waals surface area contributed by atoms with Gasteiger partial charge >= 0.3 is 0 Å². The van der Waals surface area contributed by atoms with Crippen molar-refractivity contribution in [3.63, 3.8) is 0 Å². The molecule has 0 aliphatic carbocycles. The van der Waals surface area contributed by atoms with E-state index < -0.39 is 6.10 Å². The summed E-state index contributed by atoms with van der Waals surface area (Å²) < 4.78 is 12.3. The maximum Gasteiger partial charge on any atom is 0.125 e. The Morgan fingerprint density at radius 1 is 0.950 bits per heavy atom. The van der Waals surface area contributed by atoms with E-state index in [9.17, 15) is 5.11 Å². The molecule has 0 aliphatic rings. The average molecular weight is 402 g/mol. The topological polar surface area (TPSA) is 38.7 Å². The van der Waals surface area contributed by atoms with Crippen LogP contribution in [0, 0.1) is 0 Å². The molecule has 0 aliphatic heterocycles. The van der Waals surface area contributed by atoms with Gasteiger partial charge in [-0.1, -0.05) is 37.9 Å². The van der Waals surface area contributed by atoms with Crippen LogP contribution in [-0.2, 0) is 0 Å². The van der Waals surface area contributed by atoms with Crippen molar-refractivity contribution in [3.8, 4) is 11.5 Å². The van der Waals surface area contributed by atoms with E-state index in [0.29, 0.717) is 17.1 Å². The molecule has 1 atom stereocenters. The van der Waals surface area contributed by atoms with Crippen LogP contribution in [0.5, 0.6) is 11.5 Å². The van der Waals surface area contributed by atoms with Gasteiger partial charge in [0.15, 0.2) is 0 Å². The summed E-state index contributed by atoms with van der Waals surface area (Å²) in [7, 11) is 3.17. The zero-order valence-corrected chi connectivity index (χ0v) is 14.2. The van der Waals surface area contributed by atoms with E-state index in [0.717, 1.165) is 14.5 Å². The zero-order chi connectivity index (χ0) is 14.7. The summed E-state index contributed by atoms with van der Waals surface area (Å²) in [6.45, 7) is 0. The van der Waals surface area contributed by atoms with E-state index in [4.69, 9.17) is 9.47 Å². The molecule has 0 amide bonds. The summed E-state index contributed by atoms with van der Waals surface area (Å²) in [5, 5.41) is 10.6. The molecule has 2 aromatic carbocycles. The fraction of sp³-hybridized carbons (Fsp3) is 0.200. The van der Waals surface area contributed by atoms with Gasteiger partial charge in [0.1, 0.15) is 17.6 Å². The van der Waals surface area contributed by atoms with Crippen molar-refractivity contribution in [2.75, 3.05) is 14.2 Å². The molecule has 5 heteroatoms. The summed E-state index contributed by atoms with van der Waals surface area (Å²) in [4.78, 5) is 0. The molecule has 1 N–H and O–H groups in total. The lowest BCUT2D eigenvalue weighted by Gasteiger charge is -2.17. The monoisotopic (exact) mass is 400 g/mol. The first-order valence-corrected chi connectivity index (χ1v) is 7.50. The molecule has 106 valence electrons. The van der Waals surface area contributed by atoms with Gasteiger partial charge in [0.2, 0.25) is 0 Å². The minimum Gasteiger partial charge on any atom is -0.497 e. The first-order chi connectivity index (χ1) is 9.56. The molecule has 2 rings (SSSR count). The maximum absolute atomic E-state index is 10.6. The van der Waals surface area contributed by atoms with Crippen molar-refractivity contribution >= 4 is 31.9 Å². The Labute approximate surface area is 134 Å². The minimum absolute atomic E-state index is 0.619. The highest BCUT2D eigenvalue weighted by molar-refractivity contribution is 9.11. The van der Waals surface area contributed by atoms with Gasteiger partial charge in [0.05, 0.1) is 14.2 Å². The Hall–Kier alpha value is -1.04. The van der Waals surface area contributed by atoms with Gasteiger partial charge in [-0.3, -0.25) is 0 Å². The SMILES string of the molecule is COc1ccc(OC)c(C(O)c2ccc(Br)cc2Br)c1. The lowest BCUT2D eigenvalue weighted by molar-refractivity contribution is 0.213. The second-order valence-corrected chi connectivity index (χ2v) is 5.95. The minimum atomic E-state index is -0.803. The lowest BCUT2D eigenvalue weighted by Crippen LogP contribution is -2.04. The number of ether oxygens (including phenoxy) is 2. The Kier molecular flexibility index (Phi) is 5.07. The second kappa shape index (κ2) is 6.61. The highest BCUT2D eigenvalue weighted by atomic mass is 79.9. The molecule has 0 saturated heterocycles. The number of hydrogen-bond donors (Lipinski definition) is 1. The Morgan fingerprint density at radius 3 is 2.30 bits per heavy atom. The maximum atomic E-state index is 10.6. The predicted molar refractivity (Wildman–Crippen MR) is 85.4 cm³/mol. The van der Waals surface area contributed by atoms with Crippen LogP contribution in [0.25, 0.3) is 0 Å². The van der Waals surface area contributed by atoms with Crippen molar-refractivity contribution in [3.05, 3.63) is 56.5 Å². The molecule has 0 heterocycles. The largest absolute Gasteiger partial charge is 0.497 e. The molecule has 0 saturated carbocycles. The highest BCUT2D eigenvalue weighted by Crippen LogP contribution is 2.36. The van der Waals surface area contributed by atoms with Crippen LogP contribution < -0.4 is 9.47 Å². The van der Waals surface area contributed by atoms with Crippen molar-refractivity contribution < 1.29 is 14.6 Å². The molecule has 2 aromatic rings. The molecule has 20 heavy (non-hydrogen) atoms. The van der Waals surface area contributed by atoms with E-state index in [1.54, 1.807) is 32.4 Å². The number of rotatable bonds is 4. The normalized spacial score (nSPS) is 12.1. The van der Waals surface area contributed by atoms with Crippen LogP contribution in [0.15, 0.2) is 45.3 Å². The predicted octanol–water partition coefficient (Wildman–Crippen LogP) is 4.31. The van der Waals surface area contributed by atoms with Gasteiger partial charge in [-0.05, 0) is 35.9 Å². The molecule has 0 radical (unpaired) electrons. The third kappa shape index (κ3) is 3.16. The van der Waals surface area contributed by atoms with Crippen LogP contribution in [0.3, 0.4) is 0 Å². The van der Waals surface area contributed by atoms with Gasteiger partial charge in [-0.2, -0.15) is 0 Å². The fourth-order valence-electron chi connectivity index (χ4n) is 1.94. The lowest BCUT2D eigenvalue weighted by atomic mass is 10.0. The van der Waals surface area contributed by atoms with Crippen LogP contribution in [0.4, 0.5) is 0 Å². The first kappa shape index (κ1) is 15.4. The third-order valence-corrected chi connectivity index (χ3v) is 4.17. The number of methoxy groups -OCH3 is 2. The van der Waals surface area contributed by atoms with Crippen molar-refractivity contribution in [1.82, 2.24) is 0 Å². The Morgan fingerprint density at radius 2 is 1.70 bits per heavy atom. The Bertz CT molecular complexity index is 614. The van der Waals surface area contributed by atoms with Crippen molar-refractivity contribution in [2.24, 2.45) is 0 Å². The van der Waals surface area contributed by atoms with Crippen LogP contribution in [0.1, 0.15) is 17.2 Å². The van der Waals surface area contributed by atoms with Crippen molar-refractivity contribution in [2.45, 2.75) is 6.10 Å². The van der Waals surface area contributed by atoms with E-state index in [2.05, 4.69) is 31.9 Å². The summed E-state index contributed by atoms with van der Waals surface area (Å²) in [6, 6.07) is 11.0. The second-order valence-electron chi connectivity index (χ2n) is 4.18. The molecule has 1 unspecified atom stereocenters. The molecule has 0 aromatic heterocycles. The van der Waals surface area contributed by atoms with Crippen LogP contribution >= 0.6 is 31.9 Å². The smallest absolute Gasteiger partial charge is 0.125 e. The quantitative estimate of drug-likeness (QED) is 0.829. The van der Waals surface area contributed by atoms with Gasteiger partial charge in [-0.25, -0.2) is 0 Å². The van der Waals surface area contributed by atoms with Gasteiger partial charge in [0.25, 0.3) is 0 Å².